The molecule has 9 heteroatoms. The fraction of sp³-hybridized carbons (Fsp3) is 0.278. The number of carbonyl (C=O) groups excluding carboxylic acids is 1. The predicted molar refractivity (Wildman–Crippen MR) is 93.8 cm³/mol. The summed E-state index contributed by atoms with van der Waals surface area (Å²) in [5, 5.41) is 2.66. The molecule has 2 N–H and O–H groups in total. The normalized spacial score (nSPS) is 15.1. The second-order valence-electron chi connectivity index (χ2n) is 6.13. The zero-order chi connectivity index (χ0) is 19.6. The van der Waals surface area contributed by atoms with Crippen LogP contribution in [0.25, 0.3) is 0 Å². The lowest BCUT2D eigenvalue weighted by atomic mass is 10.0. The number of sulfonamides is 1. The first-order chi connectivity index (χ1) is 12.8. The minimum Gasteiger partial charge on any atom is -0.383 e. The molecule has 1 amide bonds. The van der Waals surface area contributed by atoms with Crippen molar-refractivity contribution < 1.29 is 26.7 Å². The fourth-order valence-corrected chi connectivity index (χ4v) is 4.14. The van der Waals surface area contributed by atoms with Gasteiger partial charge in [-0.15, -0.1) is 0 Å². The molecule has 1 aliphatic heterocycles. The summed E-state index contributed by atoms with van der Waals surface area (Å²) < 4.78 is 59.7. The van der Waals surface area contributed by atoms with Crippen LogP contribution in [0.5, 0.6) is 0 Å². The molecule has 144 valence electrons. The lowest BCUT2D eigenvalue weighted by Gasteiger charge is -2.20. The minimum atomic E-state index is -4.04. The van der Waals surface area contributed by atoms with Crippen LogP contribution in [-0.2, 0) is 21.2 Å². The number of nitrogens with one attached hydrogen (secondary N) is 2. The maximum atomic E-state index is 13.5. The van der Waals surface area contributed by atoms with Gasteiger partial charge in [-0.3, -0.25) is 4.79 Å². The summed E-state index contributed by atoms with van der Waals surface area (Å²) in [6, 6.07) is 6.51. The summed E-state index contributed by atoms with van der Waals surface area (Å²) in [7, 11) is -2.67. The highest BCUT2D eigenvalue weighted by atomic mass is 32.2. The zero-order valence-corrected chi connectivity index (χ0v) is 15.3. The Bertz CT molecular complexity index is 979. The summed E-state index contributed by atoms with van der Waals surface area (Å²) in [6.45, 7) is 0.415. The topological polar surface area (TPSA) is 84.5 Å². The average molecular weight is 396 g/mol. The number of ether oxygens (including phenoxy) is 1. The van der Waals surface area contributed by atoms with E-state index in [0.29, 0.717) is 18.5 Å². The Labute approximate surface area is 155 Å². The monoisotopic (exact) mass is 396 g/mol. The average Bonchev–Trinajstić information content (AvgIpc) is 2.63. The van der Waals surface area contributed by atoms with Crippen molar-refractivity contribution in [2.45, 2.75) is 17.4 Å². The number of benzene rings is 2. The van der Waals surface area contributed by atoms with Gasteiger partial charge in [-0.05, 0) is 41.8 Å². The molecule has 0 bridgehead atoms. The van der Waals surface area contributed by atoms with Crippen LogP contribution < -0.4 is 10.0 Å². The summed E-state index contributed by atoms with van der Waals surface area (Å²) in [5.41, 5.74) is 1.29. The molecule has 0 saturated heterocycles. The molecule has 0 aliphatic carbocycles. The molecule has 0 fully saturated rings. The van der Waals surface area contributed by atoms with Crippen molar-refractivity contribution in [1.82, 2.24) is 10.0 Å². The van der Waals surface area contributed by atoms with Gasteiger partial charge in [0.15, 0.2) is 11.6 Å². The summed E-state index contributed by atoms with van der Waals surface area (Å²) in [4.78, 5) is 11.9. The number of hydrogen-bond acceptors (Lipinski definition) is 4. The van der Waals surface area contributed by atoms with Gasteiger partial charge in [0, 0.05) is 19.2 Å². The van der Waals surface area contributed by atoms with Crippen molar-refractivity contribution in [2.24, 2.45) is 0 Å². The number of fused-ring (bicyclic) bond motifs is 1. The molecule has 2 aromatic carbocycles. The van der Waals surface area contributed by atoms with Crippen LogP contribution in [0.2, 0.25) is 0 Å². The molecule has 0 saturated carbocycles. The molecular weight excluding hydrogens is 378 g/mol. The quantitative estimate of drug-likeness (QED) is 0.781. The maximum Gasteiger partial charge on any atom is 0.251 e. The van der Waals surface area contributed by atoms with Crippen LogP contribution in [0.4, 0.5) is 8.78 Å². The smallest absolute Gasteiger partial charge is 0.251 e. The SMILES string of the molecule is COC[C@@H](NS(=O)(=O)c1ccc2c(c1)C(=O)NCC2)c1ccc(F)c(F)c1. The van der Waals surface area contributed by atoms with Crippen LogP contribution in [0, 0.1) is 11.6 Å². The van der Waals surface area contributed by atoms with Gasteiger partial charge in [0.05, 0.1) is 17.5 Å². The van der Waals surface area contributed by atoms with E-state index in [-0.39, 0.29) is 23.0 Å². The van der Waals surface area contributed by atoms with E-state index in [1.165, 1.54) is 25.3 Å². The molecule has 0 unspecified atom stereocenters. The lowest BCUT2D eigenvalue weighted by molar-refractivity contribution is 0.0945. The Morgan fingerprint density at radius 2 is 1.96 bits per heavy atom. The van der Waals surface area contributed by atoms with Crippen molar-refractivity contribution in [3.8, 4) is 0 Å². The van der Waals surface area contributed by atoms with Gasteiger partial charge in [-0.2, -0.15) is 0 Å². The van der Waals surface area contributed by atoms with E-state index in [1.54, 1.807) is 6.07 Å². The lowest BCUT2D eigenvalue weighted by Crippen LogP contribution is -2.34. The Morgan fingerprint density at radius 1 is 1.19 bits per heavy atom. The number of carbonyl (C=O) groups is 1. The zero-order valence-electron chi connectivity index (χ0n) is 14.5. The second kappa shape index (κ2) is 7.71. The second-order valence-corrected chi connectivity index (χ2v) is 7.84. The molecule has 27 heavy (non-hydrogen) atoms. The van der Waals surface area contributed by atoms with Crippen molar-refractivity contribution in [3.05, 3.63) is 64.7 Å². The van der Waals surface area contributed by atoms with E-state index in [4.69, 9.17) is 4.74 Å². The standard InChI is InChI=1S/C18H18F2N2O4S/c1-26-10-17(12-3-5-15(19)16(20)8-12)22-27(24,25)13-4-2-11-6-7-21-18(23)14(11)9-13/h2-5,8-9,17,22H,6-7,10H2,1H3,(H,21,23)/t17-/m1/s1. The number of hydrogen-bond donors (Lipinski definition) is 2. The van der Waals surface area contributed by atoms with Crippen LogP contribution >= 0.6 is 0 Å². The number of rotatable bonds is 6. The van der Waals surface area contributed by atoms with E-state index < -0.39 is 27.7 Å². The molecule has 6 nitrogen and oxygen atoms in total. The Kier molecular flexibility index (Phi) is 5.54. The third-order valence-corrected chi connectivity index (χ3v) is 5.76. The first kappa shape index (κ1) is 19.4. The minimum absolute atomic E-state index is 0.0876. The molecular formula is C18H18F2N2O4S. The largest absolute Gasteiger partial charge is 0.383 e. The summed E-state index contributed by atoms with van der Waals surface area (Å²) in [6.07, 6.45) is 0.621. The highest BCUT2D eigenvalue weighted by Gasteiger charge is 2.25. The van der Waals surface area contributed by atoms with Crippen molar-refractivity contribution in [2.75, 3.05) is 20.3 Å². The number of halogens is 2. The van der Waals surface area contributed by atoms with Crippen LogP contribution in [0.3, 0.4) is 0 Å². The molecule has 1 aliphatic rings. The van der Waals surface area contributed by atoms with Gasteiger partial charge in [0.25, 0.3) is 5.91 Å². The molecule has 2 aromatic rings. The van der Waals surface area contributed by atoms with E-state index in [2.05, 4.69) is 10.0 Å². The molecule has 0 radical (unpaired) electrons. The first-order valence-corrected chi connectivity index (χ1v) is 9.67. The van der Waals surface area contributed by atoms with Crippen molar-refractivity contribution >= 4 is 15.9 Å². The van der Waals surface area contributed by atoms with Crippen LogP contribution in [0.1, 0.15) is 27.5 Å². The van der Waals surface area contributed by atoms with E-state index in [1.807, 2.05) is 0 Å². The Balaban J connectivity index is 1.92. The summed E-state index contributed by atoms with van der Waals surface area (Å²) in [5.74, 6) is -2.45. The highest BCUT2D eigenvalue weighted by molar-refractivity contribution is 7.89. The molecule has 1 heterocycles. The number of amides is 1. The number of methoxy groups -OCH3 is 1. The fourth-order valence-electron chi connectivity index (χ4n) is 2.91. The maximum absolute atomic E-state index is 13.5. The van der Waals surface area contributed by atoms with Crippen LogP contribution in [0.15, 0.2) is 41.3 Å². The van der Waals surface area contributed by atoms with Gasteiger partial charge >= 0.3 is 0 Å². The Morgan fingerprint density at radius 3 is 2.67 bits per heavy atom. The van der Waals surface area contributed by atoms with Gasteiger partial charge in [-0.1, -0.05) is 12.1 Å². The summed E-state index contributed by atoms with van der Waals surface area (Å²) >= 11 is 0. The third-order valence-electron chi connectivity index (χ3n) is 4.29. The predicted octanol–water partition coefficient (Wildman–Crippen LogP) is 1.92. The van der Waals surface area contributed by atoms with Gasteiger partial charge in [0.2, 0.25) is 10.0 Å². The van der Waals surface area contributed by atoms with E-state index in [0.717, 1.165) is 17.7 Å². The van der Waals surface area contributed by atoms with Gasteiger partial charge in [0.1, 0.15) is 0 Å². The van der Waals surface area contributed by atoms with Gasteiger partial charge in [-0.25, -0.2) is 21.9 Å². The highest BCUT2D eigenvalue weighted by Crippen LogP contribution is 2.23. The van der Waals surface area contributed by atoms with Crippen LogP contribution in [-0.4, -0.2) is 34.6 Å². The van der Waals surface area contributed by atoms with E-state index >= 15 is 0 Å². The molecule has 3 rings (SSSR count). The molecule has 0 spiro atoms. The third kappa shape index (κ3) is 4.15. The van der Waals surface area contributed by atoms with E-state index in [9.17, 15) is 22.0 Å². The Hall–Kier alpha value is -2.36. The molecule has 1 atom stereocenters. The van der Waals surface area contributed by atoms with Gasteiger partial charge < -0.3 is 10.1 Å². The first-order valence-electron chi connectivity index (χ1n) is 8.19. The van der Waals surface area contributed by atoms with Crippen molar-refractivity contribution in [3.63, 3.8) is 0 Å². The molecule has 0 aromatic heterocycles. The van der Waals surface area contributed by atoms with Crippen molar-refractivity contribution in [1.29, 1.82) is 0 Å².